The van der Waals surface area contributed by atoms with Crippen LogP contribution in [0.15, 0.2) is 30.3 Å². The Morgan fingerprint density at radius 3 is 2.75 bits per heavy atom. The van der Waals surface area contributed by atoms with Crippen molar-refractivity contribution in [1.82, 2.24) is 4.90 Å². The largest absolute Gasteiger partial charge is 0.388 e. The minimum absolute atomic E-state index is 0.313. The normalized spacial score (nSPS) is 24.2. The Hall–Kier alpha value is -0.860. The fourth-order valence-corrected chi connectivity index (χ4v) is 2.51. The van der Waals surface area contributed by atoms with Crippen LogP contribution in [-0.2, 0) is 0 Å². The molecular weight excluding hydrogens is 198 g/mol. The molecule has 0 radical (unpaired) electrons. The van der Waals surface area contributed by atoms with Crippen LogP contribution >= 0.6 is 0 Å². The summed E-state index contributed by atoms with van der Waals surface area (Å²) in [5, 5.41) is 10.2. The van der Waals surface area contributed by atoms with E-state index in [1.165, 1.54) is 25.8 Å². The van der Waals surface area contributed by atoms with Crippen LogP contribution in [-0.4, -0.2) is 29.6 Å². The topological polar surface area (TPSA) is 23.5 Å². The van der Waals surface area contributed by atoms with Gasteiger partial charge in [0, 0.05) is 6.04 Å². The first-order valence-corrected chi connectivity index (χ1v) is 6.20. The molecule has 16 heavy (non-hydrogen) atoms. The van der Waals surface area contributed by atoms with E-state index in [1.807, 2.05) is 30.3 Å². The number of nitrogens with zero attached hydrogens (tertiary/aromatic N) is 1. The molecule has 0 spiro atoms. The smallest absolute Gasteiger partial charge is 0.0805 e. The molecular formula is C14H21NO. The molecule has 2 nitrogen and oxygen atoms in total. The lowest BCUT2D eigenvalue weighted by Gasteiger charge is -2.33. The average molecular weight is 219 g/mol. The predicted molar refractivity (Wildman–Crippen MR) is 66.3 cm³/mol. The summed E-state index contributed by atoms with van der Waals surface area (Å²) in [4.78, 5) is 2.38. The summed E-state index contributed by atoms with van der Waals surface area (Å²) in [7, 11) is 2.17. The molecule has 0 amide bonds. The molecule has 0 unspecified atom stereocenters. The van der Waals surface area contributed by atoms with E-state index in [0.29, 0.717) is 6.04 Å². The fourth-order valence-electron chi connectivity index (χ4n) is 2.51. The van der Waals surface area contributed by atoms with E-state index in [4.69, 9.17) is 0 Å². The monoisotopic (exact) mass is 219 g/mol. The second kappa shape index (κ2) is 5.46. The number of benzene rings is 1. The maximum atomic E-state index is 10.2. The first-order chi connectivity index (χ1) is 7.77. The van der Waals surface area contributed by atoms with Gasteiger partial charge < -0.3 is 10.0 Å². The average Bonchev–Trinajstić information content (AvgIpc) is 2.33. The quantitative estimate of drug-likeness (QED) is 0.844. The molecule has 1 heterocycles. The van der Waals surface area contributed by atoms with Gasteiger partial charge in [-0.2, -0.15) is 0 Å². The molecule has 1 aliphatic heterocycles. The Balaban J connectivity index is 1.94. The number of rotatable bonds is 3. The van der Waals surface area contributed by atoms with Crippen molar-refractivity contribution in [2.75, 3.05) is 13.6 Å². The van der Waals surface area contributed by atoms with Gasteiger partial charge in [-0.15, -0.1) is 0 Å². The molecule has 88 valence electrons. The predicted octanol–water partition coefficient (Wildman–Crippen LogP) is 2.59. The lowest BCUT2D eigenvalue weighted by molar-refractivity contribution is 0.0944. The molecule has 1 aliphatic rings. The lowest BCUT2D eigenvalue weighted by atomic mass is 9.95. The first-order valence-electron chi connectivity index (χ1n) is 6.20. The third kappa shape index (κ3) is 2.83. The van der Waals surface area contributed by atoms with Gasteiger partial charge in [-0.1, -0.05) is 36.8 Å². The second-order valence-electron chi connectivity index (χ2n) is 4.79. The van der Waals surface area contributed by atoms with E-state index in [2.05, 4.69) is 11.9 Å². The highest BCUT2D eigenvalue weighted by Gasteiger charge is 2.22. The zero-order valence-electron chi connectivity index (χ0n) is 9.97. The highest BCUT2D eigenvalue weighted by atomic mass is 16.3. The molecule has 0 aliphatic carbocycles. The van der Waals surface area contributed by atoms with Crippen molar-refractivity contribution in [3.63, 3.8) is 0 Å². The maximum Gasteiger partial charge on any atom is 0.0805 e. The van der Waals surface area contributed by atoms with E-state index < -0.39 is 0 Å². The van der Waals surface area contributed by atoms with Gasteiger partial charge in [0.05, 0.1) is 6.10 Å². The van der Waals surface area contributed by atoms with Crippen LogP contribution in [0.1, 0.15) is 37.4 Å². The van der Waals surface area contributed by atoms with Crippen LogP contribution in [0.25, 0.3) is 0 Å². The number of hydrogen-bond acceptors (Lipinski definition) is 2. The van der Waals surface area contributed by atoms with Crippen molar-refractivity contribution in [2.24, 2.45) is 0 Å². The van der Waals surface area contributed by atoms with Gasteiger partial charge in [-0.3, -0.25) is 0 Å². The molecule has 1 N–H and O–H groups in total. The number of aliphatic hydroxyl groups excluding tert-OH is 1. The number of aliphatic hydroxyl groups is 1. The molecule has 1 fully saturated rings. The van der Waals surface area contributed by atoms with Gasteiger partial charge in [0.15, 0.2) is 0 Å². The van der Waals surface area contributed by atoms with Crippen molar-refractivity contribution in [2.45, 2.75) is 37.8 Å². The lowest BCUT2D eigenvalue weighted by Crippen LogP contribution is -2.37. The summed E-state index contributed by atoms with van der Waals surface area (Å²) in [5.41, 5.74) is 1.04. The van der Waals surface area contributed by atoms with Crippen molar-refractivity contribution in [3.05, 3.63) is 35.9 Å². The highest BCUT2D eigenvalue weighted by Crippen LogP contribution is 2.25. The minimum atomic E-state index is -0.313. The molecule has 1 aromatic rings. The van der Waals surface area contributed by atoms with Gasteiger partial charge >= 0.3 is 0 Å². The van der Waals surface area contributed by atoms with E-state index in [9.17, 15) is 5.11 Å². The van der Waals surface area contributed by atoms with Crippen molar-refractivity contribution in [1.29, 1.82) is 0 Å². The number of hydrogen-bond donors (Lipinski definition) is 1. The zero-order chi connectivity index (χ0) is 11.4. The van der Waals surface area contributed by atoms with Crippen molar-refractivity contribution in [3.8, 4) is 0 Å². The van der Waals surface area contributed by atoms with Crippen LogP contribution in [0, 0.1) is 0 Å². The highest BCUT2D eigenvalue weighted by molar-refractivity contribution is 5.17. The van der Waals surface area contributed by atoms with Gasteiger partial charge in [0.1, 0.15) is 0 Å². The van der Waals surface area contributed by atoms with E-state index in [-0.39, 0.29) is 6.10 Å². The molecule has 0 bridgehead atoms. The zero-order valence-corrected chi connectivity index (χ0v) is 9.97. The van der Waals surface area contributed by atoms with Crippen LogP contribution < -0.4 is 0 Å². The standard InChI is InChI=1S/C14H21NO/c1-15-10-6-5-9-13(15)11-14(16)12-7-3-2-4-8-12/h2-4,7-8,13-14,16H,5-6,9-11H2,1H3/t13-,14-/m1/s1. The van der Waals surface area contributed by atoms with Gasteiger partial charge in [-0.05, 0) is 38.4 Å². The maximum absolute atomic E-state index is 10.2. The SMILES string of the molecule is CN1CCCC[C@@H]1C[C@@H](O)c1ccccc1. The summed E-state index contributed by atoms with van der Waals surface area (Å²) in [6.45, 7) is 1.17. The van der Waals surface area contributed by atoms with Crippen LogP contribution in [0.2, 0.25) is 0 Å². The van der Waals surface area contributed by atoms with E-state index >= 15 is 0 Å². The van der Waals surface area contributed by atoms with Crippen LogP contribution in [0.4, 0.5) is 0 Å². The van der Waals surface area contributed by atoms with Crippen LogP contribution in [0.3, 0.4) is 0 Å². The van der Waals surface area contributed by atoms with E-state index in [0.717, 1.165) is 12.0 Å². The van der Waals surface area contributed by atoms with Gasteiger partial charge in [0.2, 0.25) is 0 Å². The minimum Gasteiger partial charge on any atom is -0.388 e. The molecule has 0 saturated carbocycles. The molecule has 1 aromatic carbocycles. The Kier molecular flexibility index (Phi) is 3.97. The van der Waals surface area contributed by atoms with Gasteiger partial charge in [-0.25, -0.2) is 0 Å². The van der Waals surface area contributed by atoms with Crippen molar-refractivity contribution >= 4 is 0 Å². The summed E-state index contributed by atoms with van der Waals surface area (Å²) in [5.74, 6) is 0. The molecule has 2 atom stereocenters. The molecule has 2 rings (SSSR count). The Labute approximate surface area is 97.9 Å². The first kappa shape index (κ1) is 11.6. The summed E-state index contributed by atoms with van der Waals surface area (Å²) < 4.78 is 0. The molecule has 2 heteroatoms. The number of likely N-dealkylation sites (tertiary alicyclic amines) is 1. The second-order valence-corrected chi connectivity index (χ2v) is 4.79. The summed E-state index contributed by atoms with van der Waals surface area (Å²) in [6, 6.07) is 10.5. The van der Waals surface area contributed by atoms with E-state index in [1.54, 1.807) is 0 Å². The summed E-state index contributed by atoms with van der Waals surface area (Å²) >= 11 is 0. The Morgan fingerprint density at radius 1 is 1.31 bits per heavy atom. The third-order valence-corrected chi connectivity index (χ3v) is 3.60. The summed E-state index contributed by atoms with van der Waals surface area (Å²) in [6.07, 6.45) is 4.37. The van der Waals surface area contributed by atoms with Gasteiger partial charge in [0.25, 0.3) is 0 Å². The third-order valence-electron chi connectivity index (χ3n) is 3.60. The van der Waals surface area contributed by atoms with Crippen molar-refractivity contribution < 1.29 is 5.11 Å². The fraction of sp³-hybridized carbons (Fsp3) is 0.571. The van der Waals surface area contributed by atoms with Crippen LogP contribution in [0.5, 0.6) is 0 Å². The number of piperidine rings is 1. The Bertz CT molecular complexity index is 312. The molecule has 1 saturated heterocycles. The molecule has 0 aromatic heterocycles. The Morgan fingerprint density at radius 2 is 2.06 bits per heavy atom.